The first kappa shape index (κ1) is 19.9. The molecule has 142 valence electrons. The van der Waals surface area contributed by atoms with E-state index in [0.717, 1.165) is 11.1 Å². The molecule has 0 radical (unpaired) electrons. The predicted molar refractivity (Wildman–Crippen MR) is 114 cm³/mol. The highest BCUT2D eigenvalue weighted by atomic mass is 79.9. The van der Waals surface area contributed by atoms with E-state index in [2.05, 4.69) is 26.5 Å². The molecule has 2 N–H and O–H groups in total. The Bertz CT molecular complexity index is 993. The van der Waals surface area contributed by atoms with E-state index in [4.69, 9.17) is 16.3 Å². The molecule has 5 nitrogen and oxygen atoms in total. The summed E-state index contributed by atoms with van der Waals surface area (Å²) in [6, 6.07) is 20.6. The van der Waals surface area contributed by atoms with Crippen LogP contribution in [-0.4, -0.2) is 23.8 Å². The SMILES string of the molecule is O=C(COc1ccc(-c2ccccc2)cc1)NN=Cc1cc(Br)cc(Cl)c1O. The number of aromatic hydroxyl groups is 1. The maximum Gasteiger partial charge on any atom is 0.277 e. The number of phenols is 1. The summed E-state index contributed by atoms with van der Waals surface area (Å²) in [5, 5.41) is 13.9. The molecule has 0 unspecified atom stereocenters. The topological polar surface area (TPSA) is 70.9 Å². The highest BCUT2D eigenvalue weighted by Crippen LogP contribution is 2.30. The van der Waals surface area contributed by atoms with Gasteiger partial charge in [-0.2, -0.15) is 5.10 Å². The molecule has 1 amide bonds. The van der Waals surface area contributed by atoms with Crippen molar-refractivity contribution in [2.75, 3.05) is 6.61 Å². The molecule has 3 aromatic carbocycles. The lowest BCUT2D eigenvalue weighted by Gasteiger charge is -2.07. The summed E-state index contributed by atoms with van der Waals surface area (Å²) in [6.45, 7) is -0.187. The Labute approximate surface area is 175 Å². The van der Waals surface area contributed by atoms with E-state index >= 15 is 0 Å². The Hall–Kier alpha value is -2.83. The lowest BCUT2D eigenvalue weighted by Crippen LogP contribution is -2.24. The molecular formula is C21H16BrClN2O3. The van der Waals surface area contributed by atoms with Crippen LogP contribution in [-0.2, 0) is 4.79 Å². The minimum Gasteiger partial charge on any atom is -0.506 e. The highest BCUT2D eigenvalue weighted by molar-refractivity contribution is 9.10. The van der Waals surface area contributed by atoms with Crippen LogP contribution in [0.3, 0.4) is 0 Å². The molecule has 0 heterocycles. The van der Waals surface area contributed by atoms with Gasteiger partial charge in [0.05, 0.1) is 11.2 Å². The number of hydrogen-bond donors (Lipinski definition) is 2. The second kappa shape index (κ2) is 9.39. The molecule has 3 rings (SSSR count). The number of hydrogen-bond acceptors (Lipinski definition) is 4. The summed E-state index contributed by atoms with van der Waals surface area (Å²) >= 11 is 9.15. The first-order valence-corrected chi connectivity index (χ1v) is 9.48. The maximum absolute atomic E-state index is 11.9. The van der Waals surface area contributed by atoms with Crippen molar-refractivity contribution in [2.45, 2.75) is 0 Å². The molecular weight excluding hydrogens is 444 g/mol. The molecule has 7 heteroatoms. The maximum atomic E-state index is 11.9. The van der Waals surface area contributed by atoms with Gasteiger partial charge in [0, 0.05) is 10.0 Å². The number of carbonyl (C=O) groups is 1. The zero-order chi connectivity index (χ0) is 19.9. The number of nitrogens with zero attached hydrogens (tertiary/aromatic N) is 1. The standard InChI is InChI=1S/C21H16BrClN2O3/c22-17-10-16(21(27)19(23)11-17)12-24-25-20(26)13-28-18-8-6-15(7-9-18)14-4-2-1-3-5-14/h1-12,27H,13H2,(H,25,26). The highest BCUT2D eigenvalue weighted by Gasteiger charge is 2.06. The van der Waals surface area contributed by atoms with Crippen LogP contribution in [0.4, 0.5) is 0 Å². The third-order valence-corrected chi connectivity index (χ3v) is 4.53. The smallest absolute Gasteiger partial charge is 0.277 e. The number of amides is 1. The summed E-state index contributed by atoms with van der Waals surface area (Å²) in [5.74, 6) is 0.0387. The molecule has 0 atom stereocenters. The van der Waals surface area contributed by atoms with E-state index in [0.29, 0.717) is 15.8 Å². The zero-order valence-electron chi connectivity index (χ0n) is 14.6. The zero-order valence-corrected chi connectivity index (χ0v) is 16.9. The van der Waals surface area contributed by atoms with Crippen molar-refractivity contribution in [3.05, 3.63) is 81.8 Å². The minimum atomic E-state index is -0.427. The minimum absolute atomic E-state index is 0.113. The number of halogens is 2. The number of benzene rings is 3. The van der Waals surface area contributed by atoms with Crippen molar-refractivity contribution in [2.24, 2.45) is 5.10 Å². The first-order valence-electron chi connectivity index (χ1n) is 8.31. The third kappa shape index (κ3) is 5.34. The Morgan fingerprint density at radius 3 is 2.50 bits per heavy atom. The van der Waals surface area contributed by atoms with Gasteiger partial charge in [0.2, 0.25) is 0 Å². The van der Waals surface area contributed by atoms with Crippen LogP contribution >= 0.6 is 27.5 Å². The molecule has 0 aliphatic rings. The Balaban J connectivity index is 1.52. The van der Waals surface area contributed by atoms with Gasteiger partial charge >= 0.3 is 0 Å². The molecule has 28 heavy (non-hydrogen) atoms. The molecule has 0 saturated carbocycles. The van der Waals surface area contributed by atoms with Gasteiger partial charge in [-0.25, -0.2) is 5.43 Å². The molecule has 0 saturated heterocycles. The van der Waals surface area contributed by atoms with Crippen molar-refractivity contribution >= 4 is 39.7 Å². The van der Waals surface area contributed by atoms with E-state index in [1.165, 1.54) is 6.21 Å². The van der Waals surface area contributed by atoms with Crippen molar-refractivity contribution in [3.63, 3.8) is 0 Å². The normalized spacial score (nSPS) is 10.8. The summed E-state index contributed by atoms with van der Waals surface area (Å²) in [5.41, 5.74) is 4.89. The number of phenolic OH excluding ortho intramolecular Hbond substituents is 1. The Kier molecular flexibility index (Phi) is 6.68. The number of nitrogens with one attached hydrogen (secondary N) is 1. The van der Waals surface area contributed by atoms with E-state index in [-0.39, 0.29) is 17.4 Å². The summed E-state index contributed by atoms with van der Waals surface area (Å²) < 4.78 is 6.14. The van der Waals surface area contributed by atoms with Crippen LogP contribution in [0.25, 0.3) is 11.1 Å². The van der Waals surface area contributed by atoms with E-state index in [1.807, 2.05) is 42.5 Å². The molecule has 0 spiro atoms. The van der Waals surface area contributed by atoms with Gasteiger partial charge < -0.3 is 9.84 Å². The fourth-order valence-electron chi connectivity index (χ4n) is 2.41. The van der Waals surface area contributed by atoms with Gasteiger partial charge in [-0.05, 0) is 35.4 Å². The second-order valence-electron chi connectivity index (χ2n) is 5.80. The largest absolute Gasteiger partial charge is 0.506 e. The van der Waals surface area contributed by atoms with Crippen LogP contribution < -0.4 is 10.2 Å². The monoisotopic (exact) mass is 458 g/mol. The summed E-state index contributed by atoms with van der Waals surface area (Å²) in [4.78, 5) is 11.9. The van der Waals surface area contributed by atoms with Crippen molar-refractivity contribution in [1.29, 1.82) is 0 Å². The van der Waals surface area contributed by atoms with Gasteiger partial charge in [-0.3, -0.25) is 4.79 Å². The average Bonchev–Trinajstić information content (AvgIpc) is 2.71. The summed E-state index contributed by atoms with van der Waals surface area (Å²) in [7, 11) is 0. The average molecular weight is 460 g/mol. The quantitative estimate of drug-likeness (QED) is 0.402. The van der Waals surface area contributed by atoms with E-state index in [1.54, 1.807) is 24.3 Å². The Morgan fingerprint density at radius 2 is 1.79 bits per heavy atom. The van der Waals surface area contributed by atoms with Gasteiger partial charge in [-0.15, -0.1) is 0 Å². The van der Waals surface area contributed by atoms with Crippen LogP contribution in [0.5, 0.6) is 11.5 Å². The Morgan fingerprint density at radius 1 is 1.11 bits per heavy atom. The van der Waals surface area contributed by atoms with E-state index in [9.17, 15) is 9.90 Å². The first-order chi connectivity index (χ1) is 13.5. The second-order valence-corrected chi connectivity index (χ2v) is 7.12. The van der Waals surface area contributed by atoms with Crippen molar-refractivity contribution in [3.8, 4) is 22.6 Å². The van der Waals surface area contributed by atoms with Crippen molar-refractivity contribution < 1.29 is 14.6 Å². The fourth-order valence-corrected chi connectivity index (χ4v) is 3.25. The predicted octanol–water partition coefficient (Wildman–Crippen LogP) is 5.00. The van der Waals surface area contributed by atoms with Gasteiger partial charge in [-0.1, -0.05) is 70.0 Å². The van der Waals surface area contributed by atoms with Crippen LogP contribution in [0.1, 0.15) is 5.56 Å². The van der Waals surface area contributed by atoms with Crippen LogP contribution in [0.2, 0.25) is 5.02 Å². The third-order valence-electron chi connectivity index (χ3n) is 3.78. The van der Waals surface area contributed by atoms with E-state index < -0.39 is 5.91 Å². The summed E-state index contributed by atoms with van der Waals surface area (Å²) in [6.07, 6.45) is 1.30. The molecule has 0 aliphatic carbocycles. The lowest BCUT2D eigenvalue weighted by molar-refractivity contribution is -0.123. The molecule has 3 aromatic rings. The van der Waals surface area contributed by atoms with Gasteiger partial charge in [0.1, 0.15) is 11.5 Å². The lowest BCUT2D eigenvalue weighted by atomic mass is 10.1. The number of rotatable bonds is 6. The molecule has 0 bridgehead atoms. The van der Waals surface area contributed by atoms with Crippen molar-refractivity contribution in [1.82, 2.24) is 5.43 Å². The van der Waals surface area contributed by atoms with Gasteiger partial charge in [0.25, 0.3) is 5.91 Å². The van der Waals surface area contributed by atoms with Crippen LogP contribution in [0.15, 0.2) is 76.3 Å². The molecule has 0 aliphatic heterocycles. The van der Waals surface area contributed by atoms with Crippen LogP contribution in [0, 0.1) is 0 Å². The number of ether oxygens (including phenoxy) is 1. The number of hydrazone groups is 1. The molecule has 0 fully saturated rings. The fraction of sp³-hybridized carbons (Fsp3) is 0.0476. The molecule has 0 aromatic heterocycles. The van der Waals surface area contributed by atoms with Gasteiger partial charge in [0.15, 0.2) is 6.61 Å². The number of carbonyl (C=O) groups excluding carboxylic acids is 1.